The van der Waals surface area contributed by atoms with Gasteiger partial charge in [0.25, 0.3) is 0 Å². The normalized spacial score (nSPS) is 21.6. The zero-order valence-electron chi connectivity index (χ0n) is 17.2. The number of aromatic nitrogens is 1. The highest BCUT2D eigenvalue weighted by Crippen LogP contribution is 2.38. The number of fused-ring (bicyclic) bond motifs is 1. The van der Waals surface area contributed by atoms with Gasteiger partial charge in [0.2, 0.25) is 0 Å². The number of allylic oxidation sites excluding steroid dienone is 1. The summed E-state index contributed by atoms with van der Waals surface area (Å²) in [5.41, 5.74) is 3.53. The fourth-order valence-electron chi connectivity index (χ4n) is 4.75. The zero-order valence-corrected chi connectivity index (χ0v) is 17.2. The van der Waals surface area contributed by atoms with Gasteiger partial charge in [0.15, 0.2) is 0 Å². The van der Waals surface area contributed by atoms with Gasteiger partial charge < -0.3 is 15.4 Å². The SMILES string of the molecule is OCCN1CCN(CCNC=C2CCC(c3c[nH]c4cccc(F)c34)CC2)CC1. The Bertz CT molecular complexity index is 815. The maximum absolute atomic E-state index is 14.3. The average molecular weight is 401 g/mol. The minimum Gasteiger partial charge on any atom is -0.395 e. The molecule has 0 atom stereocenters. The zero-order chi connectivity index (χ0) is 20.1. The van der Waals surface area contributed by atoms with E-state index < -0.39 is 0 Å². The van der Waals surface area contributed by atoms with E-state index in [1.807, 2.05) is 12.3 Å². The van der Waals surface area contributed by atoms with Crippen molar-refractivity contribution >= 4 is 10.9 Å². The molecule has 2 aliphatic rings. The molecule has 0 spiro atoms. The van der Waals surface area contributed by atoms with Crippen LogP contribution < -0.4 is 5.32 Å². The molecule has 1 aliphatic heterocycles. The van der Waals surface area contributed by atoms with Crippen molar-refractivity contribution in [2.75, 3.05) is 52.4 Å². The first-order valence-electron chi connectivity index (χ1n) is 11.0. The second kappa shape index (κ2) is 9.74. The molecule has 2 fully saturated rings. The van der Waals surface area contributed by atoms with Crippen LogP contribution >= 0.6 is 0 Å². The van der Waals surface area contributed by atoms with E-state index in [1.54, 1.807) is 12.1 Å². The highest BCUT2D eigenvalue weighted by molar-refractivity contribution is 5.84. The summed E-state index contributed by atoms with van der Waals surface area (Å²) in [5.74, 6) is 0.326. The minimum absolute atomic E-state index is 0.112. The number of aliphatic hydroxyl groups is 1. The highest BCUT2D eigenvalue weighted by atomic mass is 19.1. The number of rotatable bonds is 7. The van der Waals surface area contributed by atoms with Crippen molar-refractivity contribution < 1.29 is 9.50 Å². The number of halogens is 1. The Kier molecular flexibility index (Phi) is 6.85. The first-order chi connectivity index (χ1) is 14.2. The molecular weight excluding hydrogens is 367 g/mol. The topological polar surface area (TPSA) is 54.5 Å². The molecule has 29 heavy (non-hydrogen) atoms. The number of aromatic amines is 1. The van der Waals surface area contributed by atoms with E-state index in [9.17, 15) is 4.39 Å². The molecule has 4 rings (SSSR count). The lowest BCUT2D eigenvalue weighted by molar-refractivity contribution is 0.114. The molecule has 0 bridgehead atoms. The number of hydrogen-bond donors (Lipinski definition) is 3. The maximum Gasteiger partial charge on any atom is 0.132 e. The molecule has 1 aromatic carbocycles. The fourth-order valence-corrected chi connectivity index (χ4v) is 4.75. The van der Waals surface area contributed by atoms with Crippen LogP contribution in [0.5, 0.6) is 0 Å². The molecule has 1 saturated carbocycles. The van der Waals surface area contributed by atoms with Crippen LogP contribution in [0, 0.1) is 5.82 Å². The number of piperazine rings is 1. The molecule has 1 saturated heterocycles. The predicted molar refractivity (Wildman–Crippen MR) is 116 cm³/mol. The number of nitrogens with one attached hydrogen (secondary N) is 2. The lowest BCUT2D eigenvalue weighted by Gasteiger charge is -2.34. The van der Waals surface area contributed by atoms with Crippen LogP contribution in [0.15, 0.2) is 36.2 Å². The smallest absolute Gasteiger partial charge is 0.132 e. The number of benzene rings is 1. The number of β-amino-alcohol motifs (C(OH)–C–C–N with tert-alkyl or cyclic N) is 1. The first kappa shape index (κ1) is 20.4. The van der Waals surface area contributed by atoms with Crippen LogP contribution in [-0.2, 0) is 0 Å². The van der Waals surface area contributed by atoms with Crippen molar-refractivity contribution in [3.05, 3.63) is 47.5 Å². The van der Waals surface area contributed by atoms with E-state index >= 15 is 0 Å². The second-order valence-corrected chi connectivity index (χ2v) is 8.34. The number of nitrogens with zero attached hydrogens (tertiary/aromatic N) is 2. The third kappa shape index (κ3) is 5.00. The van der Waals surface area contributed by atoms with E-state index in [0.29, 0.717) is 5.92 Å². The van der Waals surface area contributed by atoms with Crippen LogP contribution in [0.2, 0.25) is 0 Å². The molecule has 2 aromatic rings. The molecule has 0 amide bonds. The van der Waals surface area contributed by atoms with E-state index in [4.69, 9.17) is 5.11 Å². The van der Waals surface area contributed by atoms with Gasteiger partial charge in [0.05, 0.1) is 6.61 Å². The van der Waals surface area contributed by atoms with E-state index in [2.05, 4.69) is 26.3 Å². The van der Waals surface area contributed by atoms with Gasteiger partial charge in [-0.2, -0.15) is 0 Å². The number of H-pyrrole nitrogens is 1. The van der Waals surface area contributed by atoms with Crippen molar-refractivity contribution in [1.82, 2.24) is 20.1 Å². The van der Waals surface area contributed by atoms with Crippen LogP contribution in [0.3, 0.4) is 0 Å². The largest absolute Gasteiger partial charge is 0.395 e. The molecule has 2 heterocycles. The summed E-state index contributed by atoms with van der Waals surface area (Å²) in [4.78, 5) is 8.04. The standard InChI is InChI=1S/C23H33FN4O/c24-21-2-1-3-22-23(21)20(17-26-22)19-6-4-18(5-7-19)16-25-8-9-27-10-12-28(13-11-27)14-15-29/h1-3,16-17,19,25-26,29H,4-15H2. The Morgan fingerprint density at radius 1 is 1.10 bits per heavy atom. The van der Waals surface area contributed by atoms with Gasteiger partial charge in [-0.25, -0.2) is 4.39 Å². The quantitative estimate of drug-likeness (QED) is 0.626. The van der Waals surface area contributed by atoms with Crippen molar-refractivity contribution in [3.63, 3.8) is 0 Å². The third-order valence-electron chi connectivity index (χ3n) is 6.51. The van der Waals surface area contributed by atoms with Gasteiger partial charge in [0.1, 0.15) is 5.82 Å². The molecule has 0 unspecified atom stereocenters. The molecular formula is C23H33FN4O. The van der Waals surface area contributed by atoms with E-state index in [-0.39, 0.29) is 12.4 Å². The lowest BCUT2D eigenvalue weighted by Crippen LogP contribution is -2.48. The summed E-state index contributed by atoms with van der Waals surface area (Å²) >= 11 is 0. The van der Waals surface area contributed by atoms with Gasteiger partial charge in [-0.15, -0.1) is 0 Å². The van der Waals surface area contributed by atoms with Gasteiger partial charge in [-0.1, -0.05) is 11.6 Å². The summed E-state index contributed by atoms with van der Waals surface area (Å²) in [6, 6.07) is 5.27. The second-order valence-electron chi connectivity index (χ2n) is 8.34. The van der Waals surface area contributed by atoms with Crippen LogP contribution in [0.25, 0.3) is 10.9 Å². The summed E-state index contributed by atoms with van der Waals surface area (Å²) in [5, 5.41) is 13.3. The molecule has 1 aromatic heterocycles. The minimum atomic E-state index is -0.112. The van der Waals surface area contributed by atoms with Crippen molar-refractivity contribution in [2.45, 2.75) is 31.6 Å². The predicted octanol–water partition coefficient (Wildman–Crippen LogP) is 3.05. The summed E-state index contributed by atoms with van der Waals surface area (Å²) < 4.78 is 14.3. The van der Waals surface area contributed by atoms with E-state index in [1.165, 1.54) is 5.57 Å². The van der Waals surface area contributed by atoms with Crippen molar-refractivity contribution in [3.8, 4) is 0 Å². The number of aliphatic hydroxyl groups excluding tert-OH is 1. The Balaban J connectivity index is 1.20. The Morgan fingerprint density at radius 3 is 2.55 bits per heavy atom. The highest BCUT2D eigenvalue weighted by Gasteiger charge is 2.22. The molecule has 5 nitrogen and oxygen atoms in total. The fraction of sp³-hybridized carbons (Fsp3) is 0.565. The molecule has 158 valence electrons. The van der Waals surface area contributed by atoms with E-state index in [0.717, 1.165) is 88.0 Å². The Morgan fingerprint density at radius 2 is 1.83 bits per heavy atom. The summed E-state index contributed by atoms with van der Waals surface area (Å²) in [6.45, 7) is 7.36. The van der Waals surface area contributed by atoms with Crippen LogP contribution in [0.4, 0.5) is 4.39 Å². The Hall–Kier alpha value is -1.89. The first-order valence-corrected chi connectivity index (χ1v) is 11.0. The maximum atomic E-state index is 14.3. The Labute approximate surface area is 172 Å². The summed E-state index contributed by atoms with van der Waals surface area (Å²) in [7, 11) is 0. The van der Waals surface area contributed by atoms with Gasteiger partial charge >= 0.3 is 0 Å². The lowest BCUT2D eigenvalue weighted by atomic mass is 9.82. The monoisotopic (exact) mass is 400 g/mol. The van der Waals surface area contributed by atoms with Gasteiger partial charge in [-0.05, 0) is 55.5 Å². The van der Waals surface area contributed by atoms with Crippen LogP contribution in [0.1, 0.15) is 37.2 Å². The molecule has 0 radical (unpaired) electrons. The molecule has 1 aliphatic carbocycles. The van der Waals surface area contributed by atoms with Gasteiger partial charge in [-0.3, -0.25) is 9.80 Å². The average Bonchev–Trinajstić information content (AvgIpc) is 3.19. The van der Waals surface area contributed by atoms with Gasteiger partial charge in [0, 0.05) is 62.9 Å². The molecule has 3 N–H and O–H groups in total. The van der Waals surface area contributed by atoms with Crippen LogP contribution in [-0.4, -0.2) is 72.3 Å². The third-order valence-corrected chi connectivity index (χ3v) is 6.51. The van der Waals surface area contributed by atoms with Crippen molar-refractivity contribution in [2.24, 2.45) is 0 Å². The number of hydrogen-bond acceptors (Lipinski definition) is 4. The molecule has 6 heteroatoms. The van der Waals surface area contributed by atoms with Crippen molar-refractivity contribution in [1.29, 1.82) is 0 Å². The summed E-state index contributed by atoms with van der Waals surface area (Å²) in [6.07, 6.45) is 8.56.